The molecule has 0 heterocycles. The van der Waals surface area contributed by atoms with E-state index in [4.69, 9.17) is 16.3 Å². The molecular formula is C27H34ClNO3. The van der Waals surface area contributed by atoms with E-state index in [-0.39, 0.29) is 29.1 Å². The van der Waals surface area contributed by atoms with Crippen LogP contribution in [0.1, 0.15) is 81.4 Å². The van der Waals surface area contributed by atoms with Crippen molar-refractivity contribution in [2.45, 2.75) is 77.0 Å². The van der Waals surface area contributed by atoms with Crippen LogP contribution < -0.4 is 10.1 Å². The number of anilines is 1. The highest BCUT2D eigenvalue weighted by Crippen LogP contribution is 2.38. The van der Waals surface area contributed by atoms with Gasteiger partial charge in [0.05, 0.1) is 0 Å². The molecule has 172 valence electrons. The van der Waals surface area contributed by atoms with Crippen molar-refractivity contribution in [3.63, 3.8) is 0 Å². The summed E-state index contributed by atoms with van der Waals surface area (Å²) in [6, 6.07) is 11.6. The number of carbonyl (C=O) groups excluding carboxylic acids is 2. The molecule has 0 saturated heterocycles. The van der Waals surface area contributed by atoms with E-state index in [0.717, 1.165) is 29.7 Å². The van der Waals surface area contributed by atoms with Crippen molar-refractivity contribution in [2.24, 2.45) is 0 Å². The molecule has 1 aliphatic carbocycles. The fraction of sp³-hybridized carbons (Fsp3) is 0.481. The van der Waals surface area contributed by atoms with Crippen LogP contribution in [0, 0.1) is 0 Å². The molecular weight excluding hydrogens is 422 g/mol. The highest BCUT2D eigenvalue weighted by Gasteiger charge is 2.31. The number of carbonyl (C=O) groups is 2. The minimum atomic E-state index is -0.566. The monoisotopic (exact) mass is 455 g/mol. The summed E-state index contributed by atoms with van der Waals surface area (Å²) in [5.74, 6) is 0.384. The number of nitrogens with one attached hydrogen (secondary N) is 1. The second-order valence-corrected chi connectivity index (χ2v) is 10.4. The first-order valence-electron chi connectivity index (χ1n) is 11.4. The Labute approximate surface area is 196 Å². The largest absolute Gasteiger partial charge is 0.483 e. The van der Waals surface area contributed by atoms with Gasteiger partial charge in [-0.1, -0.05) is 65.8 Å². The Morgan fingerprint density at radius 3 is 2.44 bits per heavy atom. The minimum Gasteiger partial charge on any atom is -0.483 e. The molecule has 0 spiro atoms. The SMILES string of the molecule is CCC(C)(C)c1ccc(OCC(=O)Nc2cccc3c2CC(Cl)C3=O)c(C(C)(C)CC)c1. The average molecular weight is 456 g/mol. The normalized spacial score (nSPS) is 16.1. The van der Waals surface area contributed by atoms with Gasteiger partial charge in [0.2, 0.25) is 0 Å². The van der Waals surface area contributed by atoms with Gasteiger partial charge in [0.25, 0.3) is 5.91 Å². The summed E-state index contributed by atoms with van der Waals surface area (Å²) in [7, 11) is 0. The summed E-state index contributed by atoms with van der Waals surface area (Å²) >= 11 is 6.12. The number of benzene rings is 2. The van der Waals surface area contributed by atoms with E-state index < -0.39 is 5.38 Å². The lowest BCUT2D eigenvalue weighted by atomic mass is 9.76. The van der Waals surface area contributed by atoms with Gasteiger partial charge >= 0.3 is 0 Å². The van der Waals surface area contributed by atoms with E-state index in [1.165, 1.54) is 5.56 Å². The number of fused-ring (bicyclic) bond motifs is 1. The van der Waals surface area contributed by atoms with Crippen molar-refractivity contribution in [1.82, 2.24) is 0 Å². The van der Waals surface area contributed by atoms with Gasteiger partial charge in [0, 0.05) is 16.8 Å². The first kappa shape index (κ1) is 24.3. The number of amides is 1. The lowest BCUT2D eigenvalue weighted by Gasteiger charge is -2.30. The Balaban J connectivity index is 1.79. The maximum atomic E-state index is 12.7. The molecule has 2 aromatic carbocycles. The molecule has 0 bridgehead atoms. The van der Waals surface area contributed by atoms with Crippen molar-refractivity contribution in [3.05, 3.63) is 58.7 Å². The van der Waals surface area contributed by atoms with Crippen LogP contribution in [0.2, 0.25) is 0 Å². The third kappa shape index (κ3) is 4.85. The Morgan fingerprint density at radius 2 is 1.78 bits per heavy atom. The van der Waals surface area contributed by atoms with Crippen LogP contribution >= 0.6 is 11.6 Å². The maximum Gasteiger partial charge on any atom is 0.262 e. The van der Waals surface area contributed by atoms with E-state index in [1.807, 2.05) is 6.07 Å². The van der Waals surface area contributed by atoms with Crippen molar-refractivity contribution in [3.8, 4) is 5.75 Å². The number of rotatable bonds is 8. The first-order chi connectivity index (χ1) is 15.0. The Morgan fingerprint density at radius 1 is 1.09 bits per heavy atom. The Hall–Kier alpha value is -2.33. The quantitative estimate of drug-likeness (QED) is 0.467. The number of Topliss-reactive ketones (excluding diaryl/α,β-unsaturated/α-hetero) is 1. The number of alkyl halides is 1. The van der Waals surface area contributed by atoms with Crippen LogP contribution in [0.3, 0.4) is 0 Å². The molecule has 0 fully saturated rings. The van der Waals surface area contributed by atoms with Crippen molar-refractivity contribution in [1.29, 1.82) is 0 Å². The highest BCUT2D eigenvalue weighted by molar-refractivity contribution is 6.35. The molecule has 1 atom stereocenters. The summed E-state index contributed by atoms with van der Waals surface area (Å²) in [5.41, 5.74) is 4.38. The highest BCUT2D eigenvalue weighted by atomic mass is 35.5. The van der Waals surface area contributed by atoms with Crippen molar-refractivity contribution in [2.75, 3.05) is 11.9 Å². The average Bonchev–Trinajstić information content (AvgIpc) is 3.07. The Kier molecular flexibility index (Phi) is 7.04. The lowest BCUT2D eigenvalue weighted by molar-refractivity contribution is -0.118. The molecule has 1 unspecified atom stereocenters. The van der Waals surface area contributed by atoms with Crippen LogP contribution in [-0.2, 0) is 22.0 Å². The maximum absolute atomic E-state index is 12.7. The van der Waals surface area contributed by atoms with Gasteiger partial charge in [-0.25, -0.2) is 0 Å². The summed E-state index contributed by atoms with van der Waals surface area (Å²) < 4.78 is 6.02. The lowest BCUT2D eigenvalue weighted by Crippen LogP contribution is -2.24. The fourth-order valence-corrected chi connectivity index (χ4v) is 4.20. The van der Waals surface area contributed by atoms with Crippen LogP contribution in [0.25, 0.3) is 0 Å². The predicted octanol–water partition coefficient (Wildman–Crippen LogP) is 6.43. The molecule has 0 saturated carbocycles. The molecule has 4 nitrogen and oxygen atoms in total. The third-order valence-electron chi connectivity index (χ3n) is 7.00. The molecule has 0 aliphatic heterocycles. The van der Waals surface area contributed by atoms with Crippen LogP contribution in [0.4, 0.5) is 5.69 Å². The first-order valence-corrected chi connectivity index (χ1v) is 11.8. The van der Waals surface area contributed by atoms with E-state index in [9.17, 15) is 9.59 Å². The third-order valence-corrected chi connectivity index (χ3v) is 7.35. The minimum absolute atomic E-state index is 0.0693. The zero-order chi connectivity index (χ0) is 23.7. The van der Waals surface area contributed by atoms with Crippen molar-refractivity contribution < 1.29 is 14.3 Å². The van der Waals surface area contributed by atoms with Crippen LogP contribution in [-0.4, -0.2) is 23.7 Å². The number of hydrogen-bond acceptors (Lipinski definition) is 3. The zero-order valence-corrected chi connectivity index (χ0v) is 20.7. The fourth-order valence-electron chi connectivity index (χ4n) is 3.93. The van der Waals surface area contributed by atoms with Gasteiger partial charge in [-0.05, 0) is 53.4 Å². The van der Waals surface area contributed by atoms with Gasteiger partial charge in [0.1, 0.15) is 11.1 Å². The van der Waals surface area contributed by atoms with E-state index in [1.54, 1.807) is 18.2 Å². The van der Waals surface area contributed by atoms with Crippen molar-refractivity contribution >= 4 is 29.0 Å². The molecule has 0 radical (unpaired) electrons. The summed E-state index contributed by atoms with van der Waals surface area (Å²) in [4.78, 5) is 24.9. The zero-order valence-electron chi connectivity index (χ0n) is 20.0. The molecule has 1 aliphatic rings. The number of ketones is 1. The van der Waals surface area contributed by atoms with Gasteiger partial charge in [-0.2, -0.15) is 0 Å². The van der Waals surface area contributed by atoms with Crippen LogP contribution in [0.5, 0.6) is 5.75 Å². The summed E-state index contributed by atoms with van der Waals surface area (Å²) in [5, 5.41) is 2.33. The second kappa shape index (κ2) is 9.27. The molecule has 5 heteroatoms. The number of halogens is 1. The molecule has 32 heavy (non-hydrogen) atoms. The van der Waals surface area contributed by atoms with E-state index in [2.05, 4.69) is 59.0 Å². The van der Waals surface area contributed by atoms with Gasteiger partial charge in [-0.15, -0.1) is 11.6 Å². The second-order valence-electron chi connectivity index (χ2n) is 9.89. The number of ether oxygens (including phenoxy) is 1. The van der Waals surface area contributed by atoms with E-state index in [0.29, 0.717) is 17.7 Å². The molecule has 2 aromatic rings. The van der Waals surface area contributed by atoms with Gasteiger partial charge < -0.3 is 10.1 Å². The molecule has 1 amide bonds. The van der Waals surface area contributed by atoms with Crippen LogP contribution in [0.15, 0.2) is 36.4 Å². The molecule has 3 rings (SSSR count). The van der Waals surface area contributed by atoms with Gasteiger partial charge in [0.15, 0.2) is 12.4 Å². The standard InChI is InChI=1S/C27H34ClNO3/c1-7-26(3,4)17-12-13-23(20(14-17)27(5,6)8-2)32-16-24(30)29-22-11-9-10-18-19(22)15-21(28)25(18)31/h9-14,21H,7-8,15-16H2,1-6H3,(H,29,30). The smallest absolute Gasteiger partial charge is 0.262 e. The molecule has 1 N–H and O–H groups in total. The topological polar surface area (TPSA) is 55.4 Å². The van der Waals surface area contributed by atoms with E-state index >= 15 is 0 Å². The summed E-state index contributed by atoms with van der Waals surface area (Å²) in [6.45, 7) is 13.1. The van der Waals surface area contributed by atoms with Gasteiger partial charge in [-0.3, -0.25) is 9.59 Å². The molecule has 0 aromatic heterocycles. The Bertz CT molecular complexity index is 1030. The number of hydrogen-bond donors (Lipinski definition) is 1. The summed E-state index contributed by atoms with van der Waals surface area (Å²) in [6.07, 6.45) is 2.42. The predicted molar refractivity (Wildman–Crippen MR) is 131 cm³/mol.